The van der Waals surface area contributed by atoms with Crippen molar-refractivity contribution < 1.29 is 50.8 Å². The van der Waals surface area contributed by atoms with Gasteiger partial charge in [0.1, 0.15) is 26.4 Å². The Bertz CT molecular complexity index is 2720. The van der Waals surface area contributed by atoms with E-state index < -0.39 is 61.0 Å². The van der Waals surface area contributed by atoms with E-state index in [0.29, 0.717) is 94.4 Å². The van der Waals surface area contributed by atoms with Crippen LogP contribution in [0.1, 0.15) is 77.3 Å². The fourth-order valence-corrected chi connectivity index (χ4v) is 11.9. The molecule has 20 heteroatoms. The normalized spacial score (nSPS) is 15.2. The smallest absolute Gasteiger partial charge is 0.243 e. The van der Waals surface area contributed by atoms with Gasteiger partial charge in [-0.3, -0.25) is 4.79 Å². The number of ether oxygens (including phenoxy) is 4. The van der Waals surface area contributed by atoms with E-state index >= 15 is 0 Å². The van der Waals surface area contributed by atoms with Crippen LogP contribution < -0.4 is 30.0 Å². The topological polar surface area (TPSA) is 255 Å². The van der Waals surface area contributed by atoms with Gasteiger partial charge < -0.3 is 40.2 Å². The molecule has 392 valence electrons. The Labute approximate surface area is 432 Å². The number of carbonyl (C=O) groups excluding carboxylic acids is 1. The summed E-state index contributed by atoms with van der Waals surface area (Å²) in [6.07, 6.45) is 1.67. The van der Waals surface area contributed by atoms with Crippen LogP contribution in [-0.2, 0) is 32.9 Å². The number of sulfonamides is 2. The maximum atomic E-state index is 13.9. The zero-order valence-corrected chi connectivity index (χ0v) is 43.8. The molecule has 0 saturated heterocycles. The molecule has 4 aromatic rings. The van der Waals surface area contributed by atoms with Gasteiger partial charge in [0.2, 0.25) is 27.9 Å². The van der Waals surface area contributed by atoms with Gasteiger partial charge in [-0.2, -0.15) is 19.1 Å². The van der Waals surface area contributed by atoms with Crippen molar-refractivity contribution in [2.45, 2.75) is 113 Å². The number of hydrogen-bond donors (Lipinski definition) is 4. The first-order chi connectivity index (χ1) is 34.6. The number of fused-ring (bicyclic) bond motifs is 2. The first-order valence-electron chi connectivity index (χ1n) is 24.4. The number of nitriles is 2. The Morgan fingerprint density at radius 1 is 0.658 bits per heavy atom. The highest BCUT2D eigenvalue weighted by Gasteiger charge is 2.37. The van der Waals surface area contributed by atoms with Crippen LogP contribution in [0.4, 0.5) is 4.79 Å². The number of nitrogens with two attached hydrogens (primary N) is 1. The molecular weight excluding hydrogens is 972 g/mol. The van der Waals surface area contributed by atoms with Crippen LogP contribution in [0.15, 0.2) is 107 Å². The molecular formula is C53H69BN6O11S2. The number of benzene rings is 4. The van der Waals surface area contributed by atoms with Crippen molar-refractivity contribution in [2.24, 2.45) is 16.6 Å². The first-order valence-corrected chi connectivity index (χ1v) is 27.3. The molecule has 0 aromatic heterocycles. The summed E-state index contributed by atoms with van der Waals surface area (Å²) >= 11 is 0. The quantitative estimate of drug-likeness (QED) is 0.0431. The number of nitrogens with one attached hydrogen (secondary N) is 1. The lowest BCUT2D eigenvalue weighted by Gasteiger charge is -2.35. The van der Waals surface area contributed by atoms with E-state index in [4.69, 9.17) is 43.1 Å². The molecule has 0 saturated carbocycles. The summed E-state index contributed by atoms with van der Waals surface area (Å²) in [5.41, 5.74) is 7.20. The number of rotatable bonds is 25. The molecule has 0 bridgehead atoms. The Morgan fingerprint density at radius 3 is 1.47 bits per heavy atom. The molecule has 2 aliphatic heterocycles. The SMILES string of the molecule is CC(C)(CCCC#N)CN(C[C@@H](O)[C@@H](N)Cc1ccccc1)S(=O)(=O)c1ccc2c(c1)OCCO2.[B]C(=O)N[C@@H](Cc1ccccc1)[C@H](O)CN(CC(C)(C)CCCC#N)S(=O)(=O)c1ccc2c(c1)OCCO2. The van der Waals surface area contributed by atoms with Gasteiger partial charge in [0.05, 0.1) is 40.2 Å². The molecule has 2 aliphatic rings. The number of hydrogen-bond acceptors (Lipinski definition) is 14. The fourth-order valence-electron chi connectivity index (χ4n) is 8.60. The van der Waals surface area contributed by atoms with E-state index in [1.165, 1.54) is 32.9 Å². The molecule has 4 aromatic carbocycles. The lowest BCUT2D eigenvalue weighted by molar-refractivity contribution is 0.0969. The summed E-state index contributed by atoms with van der Waals surface area (Å²) in [6, 6.07) is 30.6. The third kappa shape index (κ3) is 17.7. The average Bonchev–Trinajstić information content (AvgIpc) is 3.36. The standard InChI is InChI=1S/C27H34BN3O6S.C26H35N3O5S/c1-27(2,12-6-7-13-29)19-31(38(34,35)21-10-11-24-25(17-21)37-15-14-36-24)18-23(32)22(30-26(28)33)16-20-8-4-3-5-9-20;1-26(2,12-6-7-13-27)19-29(18-23(30)22(28)16-20-8-4-3-5-9-20)35(31,32)21-10-11-24-25(17-21)34-15-14-33-24/h3-5,8-11,17,22-23,32H,6-7,12,14-16,18-19H2,1-2H3,(H,30,33);3-5,8-11,17,22-23,30H,6-7,12,14-16,18-19,28H2,1-2H3/t2*22-,23+/m00/s1. The van der Waals surface area contributed by atoms with Crippen LogP contribution in [0.3, 0.4) is 0 Å². The molecule has 0 spiro atoms. The van der Waals surface area contributed by atoms with Crippen LogP contribution in [0.2, 0.25) is 0 Å². The molecule has 73 heavy (non-hydrogen) atoms. The van der Waals surface area contributed by atoms with Gasteiger partial charge in [0, 0.05) is 57.2 Å². The molecule has 4 atom stereocenters. The fraction of sp³-hybridized carbons (Fsp3) is 0.491. The van der Waals surface area contributed by atoms with Gasteiger partial charge in [-0.25, -0.2) is 16.8 Å². The monoisotopic (exact) mass is 1040 g/mol. The van der Waals surface area contributed by atoms with Crippen molar-refractivity contribution in [3.8, 4) is 35.1 Å². The van der Waals surface area contributed by atoms with E-state index in [2.05, 4.69) is 17.5 Å². The molecule has 1 amide bonds. The molecule has 2 radical (unpaired) electrons. The molecule has 0 aliphatic carbocycles. The lowest BCUT2D eigenvalue weighted by atomic mass is 9.87. The van der Waals surface area contributed by atoms with E-state index in [-0.39, 0.29) is 42.4 Å². The minimum absolute atomic E-state index is 0.00393. The van der Waals surface area contributed by atoms with Crippen LogP contribution >= 0.6 is 0 Å². The van der Waals surface area contributed by atoms with Crippen molar-refractivity contribution in [3.05, 3.63) is 108 Å². The number of amides is 1. The van der Waals surface area contributed by atoms with Gasteiger partial charge in [-0.1, -0.05) is 88.4 Å². The summed E-state index contributed by atoms with van der Waals surface area (Å²) in [5, 5.41) is 42.6. The first kappa shape index (κ1) is 58.2. The van der Waals surface area contributed by atoms with Crippen LogP contribution in [0.25, 0.3) is 0 Å². The number of nitrogens with zero attached hydrogens (tertiary/aromatic N) is 4. The van der Waals surface area contributed by atoms with E-state index in [1.807, 2.05) is 88.4 Å². The maximum Gasteiger partial charge on any atom is 0.243 e. The Hall–Kier alpha value is -5.71. The van der Waals surface area contributed by atoms with Crippen molar-refractivity contribution in [1.82, 2.24) is 13.9 Å². The second kappa shape index (κ2) is 27.0. The molecule has 0 unspecified atom stereocenters. The number of aliphatic hydroxyl groups excluding tert-OH is 2. The second-order valence-corrected chi connectivity index (χ2v) is 23.7. The molecule has 0 fully saturated rings. The summed E-state index contributed by atoms with van der Waals surface area (Å²) < 4.78 is 80.1. The third-order valence-electron chi connectivity index (χ3n) is 12.5. The van der Waals surface area contributed by atoms with Crippen LogP contribution in [0, 0.1) is 33.5 Å². The summed E-state index contributed by atoms with van der Waals surface area (Å²) in [5.74, 6) is 0.870. The Kier molecular flexibility index (Phi) is 21.5. The summed E-state index contributed by atoms with van der Waals surface area (Å²) in [6.45, 7) is 9.05. The van der Waals surface area contributed by atoms with Crippen molar-refractivity contribution in [3.63, 3.8) is 0 Å². The minimum atomic E-state index is -4.10. The number of aliphatic hydroxyl groups is 2. The average molecular weight is 1040 g/mol. The summed E-state index contributed by atoms with van der Waals surface area (Å²) in [7, 11) is -2.70. The van der Waals surface area contributed by atoms with Crippen LogP contribution in [-0.4, -0.2) is 126 Å². The number of carbonyl (C=O) groups is 1. The number of unbranched alkanes of at least 4 members (excludes halogenated alkanes) is 2. The Balaban J connectivity index is 0.000000272. The van der Waals surface area contributed by atoms with Crippen molar-refractivity contribution in [2.75, 3.05) is 52.6 Å². The second-order valence-electron chi connectivity index (χ2n) is 19.9. The minimum Gasteiger partial charge on any atom is -0.486 e. The van der Waals surface area contributed by atoms with E-state index in [1.54, 1.807) is 12.1 Å². The zero-order chi connectivity index (χ0) is 53.2. The Morgan fingerprint density at radius 2 is 1.05 bits per heavy atom. The zero-order valence-electron chi connectivity index (χ0n) is 42.2. The van der Waals surface area contributed by atoms with Gasteiger partial charge in [0.15, 0.2) is 28.8 Å². The highest BCUT2D eigenvalue weighted by atomic mass is 32.2. The largest absolute Gasteiger partial charge is 0.486 e. The van der Waals surface area contributed by atoms with E-state index in [9.17, 15) is 31.8 Å². The van der Waals surface area contributed by atoms with Gasteiger partial charge >= 0.3 is 0 Å². The predicted molar refractivity (Wildman–Crippen MR) is 277 cm³/mol. The van der Waals surface area contributed by atoms with Gasteiger partial charge in [-0.15, -0.1) is 0 Å². The predicted octanol–water partition coefficient (Wildman–Crippen LogP) is 6.12. The third-order valence-corrected chi connectivity index (χ3v) is 16.1. The van der Waals surface area contributed by atoms with Gasteiger partial charge in [0.25, 0.3) is 0 Å². The molecule has 5 N–H and O–H groups in total. The lowest BCUT2D eigenvalue weighted by Crippen LogP contribution is -2.51. The maximum absolute atomic E-state index is 13.9. The highest BCUT2D eigenvalue weighted by molar-refractivity contribution is 7.89. The van der Waals surface area contributed by atoms with Gasteiger partial charge in [-0.05, 0) is 84.7 Å². The summed E-state index contributed by atoms with van der Waals surface area (Å²) in [4.78, 5) is 11.8. The van der Waals surface area contributed by atoms with Crippen LogP contribution in [0.5, 0.6) is 23.0 Å². The highest BCUT2D eigenvalue weighted by Crippen LogP contribution is 2.37. The molecule has 2 heterocycles. The van der Waals surface area contributed by atoms with Crippen molar-refractivity contribution >= 4 is 33.7 Å². The van der Waals surface area contributed by atoms with E-state index in [0.717, 1.165) is 11.1 Å². The van der Waals surface area contributed by atoms with Crippen molar-refractivity contribution in [1.29, 1.82) is 10.5 Å². The molecule has 6 rings (SSSR count). The molecule has 17 nitrogen and oxygen atoms in total.